The van der Waals surface area contributed by atoms with Gasteiger partial charge in [0.1, 0.15) is 6.10 Å². The van der Waals surface area contributed by atoms with E-state index in [2.05, 4.69) is 5.16 Å². The molecule has 0 spiro atoms. The molecule has 1 fully saturated rings. The number of ether oxygens (including phenoxy) is 1. The van der Waals surface area contributed by atoms with E-state index < -0.39 is 0 Å². The quantitative estimate of drug-likeness (QED) is 0.379. The number of amidine groups is 1. The van der Waals surface area contributed by atoms with Crippen molar-refractivity contribution in [3.05, 3.63) is 35.4 Å². The zero-order chi connectivity index (χ0) is 15.2. The average Bonchev–Trinajstić information content (AvgIpc) is 2.54. The van der Waals surface area contributed by atoms with E-state index in [0.29, 0.717) is 18.7 Å². The minimum atomic E-state index is -0.323. The van der Waals surface area contributed by atoms with Crippen LogP contribution in [0.5, 0.6) is 0 Å². The van der Waals surface area contributed by atoms with Crippen molar-refractivity contribution in [3.63, 3.8) is 0 Å². The highest BCUT2D eigenvalue weighted by Gasteiger charge is 2.24. The molecule has 21 heavy (non-hydrogen) atoms. The summed E-state index contributed by atoms with van der Waals surface area (Å²) in [4.78, 5) is 13.9. The van der Waals surface area contributed by atoms with Gasteiger partial charge in [0.05, 0.1) is 0 Å². The van der Waals surface area contributed by atoms with Crippen LogP contribution in [-0.4, -0.2) is 41.6 Å². The van der Waals surface area contributed by atoms with Gasteiger partial charge in [-0.25, -0.2) is 0 Å². The van der Waals surface area contributed by atoms with Crippen molar-refractivity contribution >= 4 is 11.7 Å². The fourth-order valence-electron chi connectivity index (χ4n) is 2.42. The number of likely N-dealkylation sites (N-methyl/N-ethyl adjacent to an activating group) is 1. The van der Waals surface area contributed by atoms with E-state index in [1.807, 2.05) is 12.1 Å². The Labute approximate surface area is 124 Å². The lowest BCUT2D eigenvalue weighted by Crippen LogP contribution is -2.39. The van der Waals surface area contributed by atoms with Crippen LogP contribution in [0.25, 0.3) is 0 Å². The van der Waals surface area contributed by atoms with Gasteiger partial charge in [-0.1, -0.05) is 23.4 Å². The lowest BCUT2D eigenvalue weighted by atomic mass is 10.1. The molecule has 0 bridgehead atoms. The molecule has 2 rings (SSSR count). The molecule has 0 aliphatic carbocycles. The predicted molar refractivity (Wildman–Crippen MR) is 79.0 cm³/mol. The highest BCUT2D eigenvalue weighted by atomic mass is 16.5. The van der Waals surface area contributed by atoms with Crippen LogP contribution in [0, 0.1) is 0 Å². The highest BCUT2D eigenvalue weighted by Crippen LogP contribution is 2.16. The van der Waals surface area contributed by atoms with E-state index in [4.69, 9.17) is 15.7 Å². The number of carbonyl (C=O) groups is 1. The van der Waals surface area contributed by atoms with Crippen molar-refractivity contribution < 1.29 is 14.7 Å². The van der Waals surface area contributed by atoms with Crippen LogP contribution < -0.4 is 5.73 Å². The molecule has 1 unspecified atom stereocenters. The molecule has 6 heteroatoms. The molecule has 1 aliphatic heterocycles. The smallest absolute Gasteiger partial charge is 0.251 e. The lowest BCUT2D eigenvalue weighted by Gasteiger charge is -2.26. The van der Waals surface area contributed by atoms with E-state index in [1.165, 1.54) is 0 Å². The number of nitrogens with zero attached hydrogens (tertiary/aromatic N) is 2. The molecule has 1 aromatic carbocycles. The van der Waals surface area contributed by atoms with Gasteiger partial charge in [0.15, 0.2) is 5.84 Å². The minimum Gasteiger partial charge on any atom is -0.409 e. The van der Waals surface area contributed by atoms with Crippen molar-refractivity contribution in [2.45, 2.75) is 31.9 Å². The molecule has 1 aromatic rings. The molecule has 1 aliphatic rings. The van der Waals surface area contributed by atoms with Crippen LogP contribution in [-0.2, 0) is 16.1 Å². The molecule has 0 aromatic heterocycles. The van der Waals surface area contributed by atoms with Gasteiger partial charge >= 0.3 is 0 Å². The topological polar surface area (TPSA) is 88.1 Å². The van der Waals surface area contributed by atoms with Crippen LogP contribution in [0.2, 0.25) is 0 Å². The second kappa shape index (κ2) is 7.08. The number of hydrogen-bond donors (Lipinski definition) is 2. The Morgan fingerprint density at radius 2 is 2.33 bits per heavy atom. The third kappa shape index (κ3) is 3.95. The number of carbonyl (C=O) groups excluding carboxylic acids is 1. The molecule has 1 heterocycles. The number of oxime groups is 1. The predicted octanol–water partition coefficient (Wildman–Crippen LogP) is 1.31. The Morgan fingerprint density at radius 3 is 3.00 bits per heavy atom. The summed E-state index contributed by atoms with van der Waals surface area (Å²) in [6, 6.07) is 7.28. The van der Waals surface area contributed by atoms with Gasteiger partial charge in [0.2, 0.25) is 0 Å². The van der Waals surface area contributed by atoms with Crippen LogP contribution in [0.3, 0.4) is 0 Å². The number of benzene rings is 1. The lowest BCUT2D eigenvalue weighted by molar-refractivity contribution is -0.145. The molecule has 0 saturated carbocycles. The van der Waals surface area contributed by atoms with Gasteiger partial charge in [0, 0.05) is 25.8 Å². The van der Waals surface area contributed by atoms with E-state index in [1.54, 1.807) is 24.1 Å². The number of hydrogen-bond acceptors (Lipinski definition) is 4. The minimum absolute atomic E-state index is 0.00361. The van der Waals surface area contributed by atoms with Gasteiger partial charge < -0.3 is 20.6 Å². The molecule has 1 amide bonds. The molecule has 114 valence electrons. The maximum absolute atomic E-state index is 12.3. The maximum atomic E-state index is 12.3. The van der Waals surface area contributed by atoms with E-state index in [0.717, 1.165) is 24.8 Å². The van der Waals surface area contributed by atoms with Crippen molar-refractivity contribution in [3.8, 4) is 0 Å². The monoisotopic (exact) mass is 291 g/mol. The highest BCUT2D eigenvalue weighted by molar-refractivity contribution is 5.97. The summed E-state index contributed by atoms with van der Waals surface area (Å²) in [7, 11) is 1.76. The summed E-state index contributed by atoms with van der Waals surface area (Å²) in [6.45, 7) is 1.12. The van der Waals surface area contributed by atoms with Crippen LogP contribution in [0.4, 0.5) is 0 Å². The van der Waals surface area contributed by atoms with Crippen molar-refractivity contribution in [1.82, 2.24) is 4.90 Å². The van der Waals surface area contributed by atoms with Crippen LogP contribution >= 0.6 is 0 Å². The Balaban J connectivity index is 2.01. The van der Waals surface area contributed by atoms with E-state index >= 15 is 0 Å². The summed E-state index contributed by atoms with van der Waals surface area (Å²) in [6.07, 6.45) is 2.52. The van der Waals surface area contributed by atoms with Gasteiger partial charge in [-0.3, -0.25) is 4.79 Å². The summed E-state index contributed by atoms with van der Waals surface area (Å²) in [5.41, 5.74) is 7.12. The Bertz CT molecular complexity index is 525. The first-order valence-electron chi connectivity index (χ1n) is 7.05. The summed E-state index contributed by atoms with van der Waals surface area (Å²) in [5.74, 6) is 0.0605. The van der Waals surface area contributed by atoms with Gasteiger partial charge in [-0.05, 0) is 30.9 Å². The normalized spacial score (nSPS) is 19.3. The SMILES string of the molecule is CN(Cc1cccc(C(N)=NO)c1)C(=O)C1CCCCO1. The molecular weight excluding hydrogens is 270 g/mol. The maximum Gasteiger partial charge on any atom is 0.251 e. The number of nitrogens with two attached hydrogens (primary N) is 1. The molecular formula is C15H21N3O3. The van der Waals surface area contributed by atoms with Crippen LogP contribution in [0.15, 0.2) is 29.4 Å². The third-order valence-corrected chi connectivity index (χ3v) is 3.58. The van der Waals surface area contributed by atoms with Crippen molar-refractivity contribution in [2.24, 2.45) is 10.9 Å². The van der Waals surface area contributed by atoms with E-state index in [-0.39, 0.29) is 17.8 Å². The number of rotatable bonds is 4. The van der Waals surface area contributed by atoms with E-state index in [9.17, 15) is 4.79 Å². The fraction of sp³-hybridized carbons (Fsp3) is 0.467. The van der Waals surface area contributed by atoms with Gasteiger partial charge in [0.25, 0.3) is 5.91 Å². The molecule has 1 atom stereocenters. The first kappa shape index (κ1) is 15.3. The zero-order valence-electron chi connectivity index (χ0n) is 12.2. The molecule has 1 saturated heterocycles. The van der Waals surface area contributed by atoms with Crippen LogP contribution in [0.1, 0.15) is 30.4 Å². The summed E-state index contributed by atoms with van der Waals surface area (Å²) >= 11 is 0. The molecule has 0 radical (unpaired) electrons. The largest absolute Gasteiger partial charge is 0.409 e. The van der Waals surface area contributed by atoms with Crippen molar-refractivity contribution in [2.75, 3.05) is 13.7 Å². The first-order chi connectivity index (χ1) is 10.1. The second-order valence-corrected chi connectivity index (χ2v) is 5.24. The van der Waals surface area contributed by atoms with Gasteiger partial charge in [-0.15, -0.1) is 0 Å². The zero-order valence-corrected chi connectivity index (χ0v) is 12.2. The Morgan fingerprint density at radius 1 is 1.52 bits per heavy atom. The summed E-state index contributed by atoms with van der Waals surface area (Å²) < 4.78 is 5.51. The number of amides is 1. The molecule has 3 N–H and O–H groups in total. The first-order valence-corrected chi connectivity index (χ1v) is 7.05. The third-order valence-electron chi connectivity index (χ3n) is 3.58. The summed E-state index contributed by atoms with van der Waals surface area (Å²) in [5, 5.41) is 11.7. The fourth-order valence-corrected chi connectivity index (χ4v) is 2.42. The average molecular weight is 291 g/mol. The van der Waals surface area contributed by atoms with Crippen molar-refractivity contribution in [1.29, 1.82) is 0 Å². The Kier molecular flexibility index (Phi) is 5.16. The van der Waals surface area contributed by atoms with Gasteiger partial charge in [-0.2, -0.15) is 0 Å². The Hall–Kier alpha value is -2.08. The second-order valence-electron chi connectivity index (χ2n) is 5.24. The standard InChI is InChI=1S/C15H21N3O3/c1-18(15(19)13-7-2-3-8-21-13)10-11-5-4-6-12(9-11)14(16)17-20/h4-6,9,13,20H,2-3,7-8,10H2,1H3,(H2,16,17). The molecule has 6 nitrogen and oxygen atoms in total.